The fraction of sp³-hybridized carbons (Fsp3) is 0.944. The molecule has 24 heavy (non-hydrogen) atoms. The number of esters is 1. The largest absolute Gasteiger partial charge is 0.457 e. The molecule has 0 aromatic rings. The number of carbonyl (C=O) groups is 1. The van der Waals surface area contributed by atoms with Gasteiger partial charge in [-0.2, -0.15) is 0 Å². The lowest BCUT2D eigenvalue weighted by Gasteiger charge is -2.24. The molecule has 1 rings (SSSR count). The highest BCUT2D eigenvalue weighted by atomic mass is 16.6. The summed E-state index contributed by atoms with van der Waals surface area (Å²) in [4.78, 5) is 11.8. The summed E-state index contributed by atoms with van der Waals surface area (Å²) in [5.74, 6) is -0.394. The Hall–Kier alpha value is -0.690. The minimum Gasteiger partial charge on any atom is -0.457 e. The molecule has 0 spiro atoms. The molecule has 0 aromatic heterocycles. The van der Waals surface area contributed by atoms with Gasteiger partial charge in [0, 0.05) is 6.42 Å². The van der Waals surface area contributed by atoms with Gasteiger partial charge in [0.25, 0.3) is 0 Å². The van der Waals surface area contributed by atoms with Crippen LogP contribution < -0.4 is 0 Å². The second-order valence-corrected chi connectivity index (χ2v) is 6.65. The van der Waals surface area contributed by atoms with Crippen molar-refractivity contribution in [3.8, 4) is 0 Å². The van der Waals surface area contributed by atoms with Crippen LogP contribution in [-0.4, -0.2) is 58.9 Å². The Morgan fingerprint density at radius 3 is 2.17 bits per heavy atom. The lowest BCUT2D eigenvalue weighted by atomic mass is 10.1. The van der Waals surface area contributed by atoms with E-state index in [1.54, 1.807) is 0 Å². The third kappa shape index (κ3) is 7.92. The Balaban J connectivity index is 2.08. The Kier molecular flexibility index (Phi) is 11.2. The second-order valence-electron chi connectivity index (χ2n) is 6.65. The quantitative estimate of drug-likeness (QED) is 0.348. The van der Waals surface area contributed by atoms with Crippen LogP contribution in [0.5, 0.6) is 0 Å². The van der Waals surface area contributed by atoms with Crippen LogP contribution in [0.2, 0.25) is 0 Å². The van der Waals surface area contributed by atoms with Gasteiger partial charge in [0.1, 0.15) is 18.3 Å². The molecular formula is C18H34O6. The first kappa shape index (κ1) is 21.4. The van der Waals surface area contributed by atoms with E-state index in [1.807, 2.05) is 0 Å². The number of hydrogen-bond acceptors (Lipinski definition) is 6. The van der Waals surface area contributed by atoms with E-state index < -0.39 is 37.0 Å². The van der Waals surface area contributed by atoms with Crippen LogP contribution >= 0.6 is 0 Å². The molecule has 0 radical (unpaired) electrons. The normalized spacial score (nSPS) is 24.9. The smallest absolute Gasteiger partial charge is 0.306 e. The first-order valence-electron chi connectivity index (χ1n) is 9.38. The van der Waals surface area contributed by atoms with Crippen LogP contribution in [0.1, 0.15) is 71.1 Å². The molecule has 0 amide bonds. The summed E-state index contributed by atoms with van der Waals surface area (Å²) in [6, 6.07) is 0. The zero-order chi connectivity index (χ0) is 17.8. The van der Waals surface area contributed by atoms with Crippen molar-refractivity contribution in [1.82, 2.24) is 0 Å². The molecule has 6 nitrogen and oxygen atoms in total. The summed E-state index contributed by atoms with van der Waals surface area (Å²) in [5, 5.41) is 28.5. The van der Waals surface area contributed by atoms with Crippen LogP contribution in [0.3, 0.4) is 0 Å². The van der Waals surface area contributed by atoms with Crippen LogP contribution in [0.25, 0.3) is 0 Å². The molecule has 0 saturated carbocycles. The minimum atomic E-state index is -1.14. The van der Waals surface area contributed by atoms with Gasteiger partial charge >= 0.3 is 5.97 Å². The fourth-order valence-electron chi connectivity index (χ4n) is 2.97. The van der Waals surface area contributed by atoms with Gasteiger partial charge in [-0.3, -0.25) is 4.79 Å². The van der Waals surface area contributed by atoms with E-state index in [-0.39, 0.29) is 6.61 Å². The molecule has 1 aliphatic rings. The van der Waals surface area contributed by atoms with E-state index in [9.17, 15) is 20.1 Å². The molecule has 1 saturated heterocycles. The predicted molar refractivity (Wildman–Crippen MR) is 90.6 cm³/mol. The number of carbonyl (C=O) groups excluding carboxylic acids is 1. The van der Waals surface area contributed by atoms with E-state index in [0.717, 1.165) is 19.3 Å². The first-order valence-corrected chi connectivity index (χ1v) is 9.38. The zero-order valence-electron chi connectivity index (χ0n) is 14.9. The SMILES string of the molecule is CCCCCCCCCCCC(=O)OC(CO)C1OCC(O)C1O. The molecule has 0 aromatic carbocycles. The van der Waals surface area contributed by atoms with Crippen LogP contribution in [0.4, 0.5) is 0 Å². The number of hydrogen-bond donors (Lipinski definition) is 3. The summed E-state index contributed by atoms with van der Waals surface area (Å²) in [5.41, 5.74) is 0. The molecule has 1 aliphatic heterocycles. The monoisotopic (exact) mass is 346 g/mol. The van der Waals surface area contributed by atoms with Crippen LogP contribution in [-0.2, 0) is 14.3 Å². The van der Waals surface area contributed by atoms with Gasteiger partial charge in [0.2, 0.25) is 0 Å². The molecule has 6 heteroatoms. The molecule has 4 unspecified atom stereocenters. The van der Waals surface area contributed by atoms with Crippen molar-refractivity contribution >= 4 is 5.97 Å². The van der Waals surface area contributed by atoms with Crippen molar-refractivity contribution < 1.29 is 29.6 Å². The van der Waals surface area contributed by atoms with Gasteiger partial charge in [0.05, 0.1) is 13.2 Å². The Labute approximate surface area is 145 Å². The lowest BCUT2D eigenvalue weighted by molar-refractivity contribution is -0.162. The molecular weight excluding hydrogens is 312 g/mol. The van der Waals surface area contributed by atoms with Gasteiger partial charge in [-0.05, 0) is 6.42 Å². The molecule has 1 fully saturated rings. The fourth-order valence-corrected chi connectivity index (χ4v) is 2.97. The average Bonchev–Trinajstić information content (AvgIpc) is 2.90. The summed E-state index contributed by atoms with van der Waals surface area (Å²) >= 11 is 0. The van der Waals surface area contributed by atoms with Gasteiger partial charge in [-0.25, -0.2) is 0 Å². The number of aliphatic hydroxyl groups is 3. The molecule has 3 N–H and O–H groups in total. The summed E-state index contributed by atoms with van der Waals surface area (Å²) < 4.78 is 10.4. The van der Waals surface area contributed by atoms with E-state index in [2.05, 4.69) is 6.92 Å². The predicted octanol–water partition coefficient (Wildman–Crippen LogP) is 1.93. The number of aliphatic hydroxyl groups excluding tert-OH is 3. The first-order chi connectivity index (χ1) is 11.6. The van der Waals surface area contributed by atoms with Crippen molar-refractivity contribution in [1.29, 1.82) is 0 Å². The van der Waals surface area contributed by atoms with Gasteiger partial charge < -0.3 is 24.8 Å². The Morgan fingerprint density at radius 2 is 1.67 bits per heavy atom. The van der Waals surface area contributed by atoms with Crippen molar-refractivity contribution in [2.24, 2.45) is 0 Å². The highest BCUT2D eigenvalue weighted by Crippen LogP contribution is 2.20. The summed E-state index contributed by atoms with van der Waals surface area (Å²) in [6.07, 6.45) is 6.91. The van der Waals surface area contributed by atoms with Gasteiger partial charge in [0.15, 0.2) is 6.10 Å². The number of unbranched alkanes of at least 4 members (excludes halogenated alkanes) is 8. The zero-order valence-corrected chi connectivity index (χ0v) is 14.9. The lowest BCUT2D eigenvalue weighted by Crippen LogP contribution is -2.43. The molecule has 0 aliphatic carbocycles. The van der Waals surface area contributed by atoms with Crippen molar-refractivity contribution in [2.45, 2.75) is 95.5 Å². The van der Waals surface area contributed by atoms with E-state index in [1.165, 1.54) is 38.5 Å². The third-order valence-electron chi connectivity index (χ3n) is 4.50. The average molecular weight is 346 g/mol. The molecule has 142 valence electrons. The minimum absolute atomic E-state index is 0.0157. The van der Waals surface area contributed by atoms with Crippen molar-refractivity contribution in [3.63, 3.8) is 0 Å². The topological polar surface area (TPSA) is 96.2 Å². The number of rotatable bonds is 13. The Bertz CT molecular complexity index is 335. The second kappa shape index (κ2) is 12.6. The van der Waals surface area contributed by atoms with Gasteiger partial charge in [-0.1, -0.05) is 58.3 Å². The van der Waals surface area contributed by atoms with E-state index in [4.69, 9.17) is 9.47 Å². The summed E-state index contributed by atoms with van der Waals surface area (Å²) in [7, 11) is 0. The molecule has 4 atom stereocenters. The third-order valence-corrected chi connectivity index (χ3v) is 4.50. The van der Waals surface area contributed by atoms with E-state index >= 15 is 0 Å². The van der Waals surface area contributed by atoms with Crippen LogP contribution in [0, 0.1) is 0 Å². The maximum Gasteiger partial charge on any atom is 0.306 e. The highest BCUT2D eigenvalue weighted by Gasteiger charge is 2.41. The molecule has 0 bridgehead atoms. The summed E-state index contributed by atoms with van der Waals surface area (Å²) in [6.45, 7) is 1.76. The van der Waals surface area contributed by atoms with Crippen molar-refractivity contribution in [3.05, 3.63) is 0 Å². The highest BCUT2D eigenvalue weighted by molar-refractivity contribution is 5.69. The maximum atomic E-state index is 11.8. The standard InChI is InChI=1S/C18H34O6/c1-2-3-4-5-6-7-8-9-10-11-16(21)24-15(12-19)18-17(22)14(20)13-23-18/h14-15,17-20,22H,2-13H2,1H3. The molecule has 1 heterocycles. The Morgan fingerprint density at radius 1 is 1.08 bits per heavy atom. The number of ether oxygens (including phenoxy) is 2. The van der Waals surface area contributed by atoms with Crippen molar-refractivity contribution in [2.75, 3.05) is 13.2 Å². The van der Waals surface area contributed by atoms with Crippen LogP contribution in [0.15, 0.2) is 0 Å². The maximum absolute atomic E-state index is 11.8. The van der Waals surface area contributed by atoms with Gasteiger partial charge in [-0.15, -0.1) is 0 Å². The van der Waals surface area contributed by atoms with E-state index in [0.29, 0.717) is 6.42 Å².